The second-order valence-corrected chi connectivity index (χ2v) is 13.1. The summed E-state index contributed by atoms with van der Waals surface area (Å²) in [5, 5.41) is 12.4. The van der Waals surface area contributed by atoms with E-state index < -0.39 is 34.5 Å². The summed E-state index contributed by atoms with van der Waals surface area (Å²) in [5.74, 6) is 0.834. The monoisotopic (exact) mass is 573 g/mol. The minimum atomic E-state index is -3.52. The van der Waals surface area contributed by atoms with Gasteiger partial charge in [0, 0.05) is 56.6 Å². The average Bonchev–Trinajstić information content (AvgIpc) is 2.89. The number of halogens is 1. The molecule has 13 heteroatoms. The van der Waals surface area contributed by atoms with Crippen LogP contribution in [0.4, 0.5) is 10.2 Å². The Morgan fingerprint density at radius 3 is 2.60 bits per heavy atom. The van der Waals surface area contributed by atoms with Gasteiger partial charge in [-0.25, -0.2) is 22.5 Å². The van der Waals surface area contributed by atoms with Gasteiger partial charge in [0.2, 0.25) is 15.9 Å². The van der Waals surface area contributed by atoms with Gasteiger partial charge in [-0.05, 0) is 68.6 Å². The second kappa shape index (κ2) is 11.6. The largest absolute Gasteiger partial charge is 0.487 e. The first-order valence-corrected chi connectivity index (χ1v) is 15.7. The number of carbonyl (C=O) groups excluding carboxylic acids is 1. The summed E-state index contributed by atoms with van der Waals surface area (Å²) in [5.41, 5.74) is 0.993. The minimum absolute atomic E-state index is 0.0224. The number of amides is 1. The normalized spacial score (nSPS) is 21.5. The molecule has 3 N–H and O–H groups in total. The standard InChI is InChI=1S/C27H37BFN5O5S/c1-28(36)31-25-15-19(5-10-30-25)18-33-11-6-20(7-12-33)26(35)34-13-8-27(9-14-34)17-23(32-40(2,37)38)22-16-21(29)3-4-24(22)39-27/h3-5,10,15-16,20,23,32,36H,6-9,11-14,17-18H2,1-2H3,(H,30,31). The van der Waals surface area contributed by atoms with Gasteiger partial charge in [-0.15, -0.1) is 0 Å². The SMILES string of the molecule is CB(O)Nc1cc(CN2CCC(C(=O)N3CCC4(CC3)CC(NS(C)(=O)=O)c3cc(F)ccc3O4)CC2)ccn1. The van der Waals surface area contributed by atoms with Crippen LogP contribution in [0.5, 0.6) is 5.75 Å². The zero-order chi connectivity index (χ0) is 28.5. The Balaban J connectivity index is 1.15. The first-order chi connectivity index (χ1) is 19.0. The van der Waals surface area contributed by atoms with E-state index in [1.165, 1.54) is 12.1 Å². The van der Waals surface area contributed by atoms with Crippen LogP contribution >= 0.6 is 0 Å². The molecule has 1 unspecified atom stereocenters. The van der Waals surface area contributed by atoms with E-state index in [0.29, 0.717) is 49.5 Å². The van der Waals surface area contributed by atoms with Gasteiger partial charge in [-0.2, -0.15) is 0 Å². The molecule has 3 aliphatic heterocycles. The molecule has 4 heterocycles. The molecule has 40 heavy (non-hydrogen) atoms. The molecule has 0 bridgehead atoms. The molecule has 0 radical (unpaired) electrons. The summed E-state index contributed by atoms with van der Waals surface area (Å²) in [6, 6.07) is 7.53. The Morgan fingerprint density at radius 1 is 1.20 bits per heavy atom. The van der Waals surface area contributed by atoms with Gasteiger partial charge in [0.25, 0.3) is 0 Å². The van der Waals surface area contributed by atoms with Crippen molar-refractivity contribution in [2.75, 3.05) is 37.7 Å². The minimum Gasteiger partial charge on any atom is -0.487 e. The van der Waals surface area contributed by atoms with Gasteiger partial charge in [-0.1, -0.05) is 0 Å². The quantitative estimate of drug-likeness (QED) is 0.432. The molecule has 3 aliphatic rings. The first kappa shape index (κ1) is 28.8. The number of sulfonamides is 1. The average molecular weight is 574 g/mol. The van der Waals surface area contributed by atoms with E-state index in [9.17, 15) is 22.6 Å². The van der Waals surface area contributed by atoms with E-state index in [4.69, 9.17) is 4.74 Å². The summed E-state index contributed by atoms with van der Waals surface area (Å²) in [7, 11) is -4.19. The van der Waals surface area contributed by atoms with E-state index >= 15 is 0 Å². The Kier molecular flexibility index (Phi) is 8.37. The molecule has 5 rings (SSSR count). The van der Waals surface area contributed by atoms with Crippen molar-refractivity contribution in [1.82, 2.24) is 19.5 Å². The van der Waals surface area contributed by atoms with Crippen molar-refractivity contribution in [3.05, 3.63) is 53.5 Å². The van der Waals surface area contributed by atoms with Crippen LogP contribution in [0, 0.1) is 11.7 Å². The van der Waals surface area contributed by atoms with Crippen LogP contribution in [0.15, 0.2) is 36.5 Å². The van der Waals surface area contributed by atoms with Crippen LogP contribution in [-0.4, -0.2) is 79.2 Å². The first-order valence-electron chi connectivity index (χ1n) is 13.9. The predicted octanol–water partition coefficient (Wildman–Crippen LogP) is 2.39. The Morgan fingerprint density at radius 2 is 1.93 bits per heavy atom. The number of nitrogens with zero attached hydrogens (tertiary/aromatic N) is 3. The molecule has 1 aromatic heterocycles. The highest BCUT2D eigenvalue weighted by Crippen LogP contribution is 2.45. The second-order valence-electron chi connectivity index (χ2n) is 11.4. The van der Waals surface area contributed by atoms with E-state index in [0.717, 1.165) is 44.3 Å². The van der Waals surface area contributed by atoms with Gasteiger partial charge in [-0.3, -0.25) is 9.69 Å². The number of piperidine rings is 2. The molecule has 2 saturated heterocycles. The fourth-order valence-corrected chi connectivity index (χ4v) is 6.89. The number of carbonyl (C=O) groups is 1. The van der Waals surface area contributed by atoms with Gasteiger partial charge < -0.3 is 19.9 Å². The molecule has 1 spiro atoms. The third-order valence-electron chi connectivity index (χ3n) is 8.12. The van der Waals surface area contributed by atoms with Crippen LogP contribution in [0.25, 0.3) is 0 Å². The zero-order valence-electron chi connectivity index (χ0n) is 23.0. The highest BCUT2D eigenvalue weighted by molar-refractivity contribution is 7.88. The molecule has 1 atom stereocenters. The number of hydrogen-bond donors (Lipinski definition) is 3. The number of anilines is 1. The van der Waals surface area contributed by atoms with Crippen molar-refractivity contribution < 1.29 is 27.4 Å². The molecular formula is C27H37BFN5O5S. The van der Waals surface area contributed by atoms with Crippen LogP contribution < -0.4 is 14.7 Å². The lowest BCUT2D eigenvalue weighted by Crippen LogP contribution is -2.54. The summed E-state index contributed by atoms with van der Waals surface area (Å²) in [6.07, 6.45) is 5.97. The van der Waals surface area contributed by atoms with Crippen molar-refractivity contribution in [2.45, 2.75) is 57.1 Å². The lowest BCUT2D eigenvalue weighted by molar-refractivity contribution is -0.141. The number of ether oxygens (including phenoxy) is 1. The van der Waals surface area contributed by atoms with Crippen molar-refractivity contribution in [1.29, 1.82) is 0 Å². The number of aromatic nitrogens is 1. The lowest BCUT2D eigenvalue weighted by Gasteiger charge is -2.47. The molecular weight excluding hydrogens is 536 g/mol. The number of rotatable bonds is 7. The maximum Gasteiger partial charge on any atom is 0.408 e. The smallest absolute Gasteiger partial charge is 0.408 e. The van der Waals surface area contributed by atoms with E-state index in [-0.39, 0.29) is 11.8 Å². The molecule has 216 valence electrons. The summed E-state index contributed by atoms with van der Waals surface area (Å²) in [6.45, 7) is 5.13. The fourth-order valence-electron chi connectivity index (χ4n) is 6.17. The van der Waals surface area contributed by atoms with Gasteiger partial charge in [0.05, 0.1) is 12.3 Å². The molecule has 0 aliphatic carbocycles. The zero-order valence-corrected chi connectivity index (χ0v) is 23.8. The fraction of sp³-hybridized carbons (Fsp3) is 0.556. The number of pyridine rings is 1. The van der Waals surface area contributed by atoms with Crippen LogP contribution in [0.2, 0.25) is 6.82 Å². The predicted molar refractivity (Wildman–Crippen MR) is 151 cm³/mol. The van der Waals surface area contributed by atoms with Crippen molar-refractivity contribution in [3.63, 3.8) is 0 Å². The van der Waals surface area contributed by atoms with Crippen LogP contribution in [0.3, 0.4) is 0 Å². The van der Waals surface area contributed by atoms with E-state index in [1.54, 1.807) is 19.1 Å². The highest BCUT2D eigenvalue weighted by atomic mass is 32.2. The molecule has 2 aromatic rings. The number of nitrogens with one attached hydrogen (secondary N) is 2. The van der Waals surface area contributed by atoms with Gasteiger partial charge >= 0.3 is 7.05 Å². The van der Waals surface area contributed by atoms with Crippen LogP contribution in [0.1, 0.15) is 49.3 Å². The van der Waals surface area contributed by atoms with E-state index in [1.807, 2.05) is 17.0 Å². The van der Waals surface area contributed by atoms with E-state index in [2.05, 4.69) is 19.8 Å². The number of fused-ring (bicyclic) bond motifs is 1. The Hall–Kier alpha value is -2.74. The number of likely N-dealkylation sites (tertiary alicyclic amines) is 2. The highest BCUT2D eigenvalue weighted by Gasteiger charge is 2.45. The topological polar surface area (TPSA) is 124 Å². The summed E-state index contributed by atoms with van der Waals surface area (Å²) >= 11 is 0. The maximum absolute atomic E-state index is 13.9. The van der Waals surface area contributed by atoms with Gasteiger partial charge in [0.15, 0.2) is 0 Å². The number of hydrogen-bond acceptors (Lipinski definition) is 8. The van der Waals surface area contributed by atoms with Crippen molar-refractivity contribution in [2.24, 2.45) is 5.92 Å². The van der Waals surface area contributed by atoms with Crippen LogP contribution in [-0.2, 0) is 21.4 Å². The third kappa shape index (κ3) is 6.94. The maximum atomic E-state index is 13.9. The molecule has 0 saturated carbocycles. The van der Waals surface area contributed by atoms with Gasteiger partial charge in [0.1, 0.15) is 23.0 Å². The molecule has 10 nitrogen and oxygen atoms in total. The summed E-state index contributed by atoms with van der Waals surface area (Å²) < 4.78 is 47.1. The lowest BCUT2D eigenvalue weighted by atomic mass is 9.80. The third-order valence-corrected chi connectivity index (χ3v) is 8.83. The molecule has 1 amide bonds. The number of benzene rings is 1. The molecule has 2 fully saturated rings. The summed E-state index contributed by atoms with van der Waals surface area (Å²) in [4.78, 5) is 21.9. The molecule has 1 aromatic carbocycles. The Labute approximate surface area is 235 Å². The Bertz CT molecular complexity index is 1330. The van der Waals surface area contributed by atoms with Crippen molar-refractivity contribution in [3.8, 4) is 5.75 Å². The van der Waals surface area contributed by atoms with Crippen molar-refractivity contribution >= 4 is 28.8 Å².